The van der Waals surface area contributed by atoms with Crippen molar-refractivity contribution in [2.45, 2.75) is 32.9 Å². The van der Waals surface area contributed by atoms with Crippen LogP contribution in [0.3, 0.4) is 0 Å². The van der Waals surface area contributed by atoms with E-state index in [0.717, 1.165) is 40.3 Å². The van der Waals surface area contributed by atoms with E-state index in [1.807, 2.05) is 48.5 Å². The molecule has 1 amide bonds. The number of carbonyl (C=O) groups is 1. The van der Waals surface area contributed by atoms with Crippen LogP contribution < -0.4 is 10.2 Å². The van der Waals surface area contributed by atoms with E-state index >= 15 is 0 Å². The van der Waals surface area contributed by atoms with Gasteiger partial charge in [-0.25, -0.2) is 9.67 Å². The summed E-state index contributed by atoms with van der Waals surface area (Å²) in [7, 11) is 0. The number of pyridine rings is 1. The molecule has 8 nitrogen and oxygen atoms in total. The number of anilines is 2. The first-order valence-electron chi connectivity index (χ1n) is 9.68. The maximum atomic E-state index is 12.1. The van der Waals surface area contributed by atoms with E-state index in [1.54, 1.807) is 11.6 Å². The maximum absolute atomic E-state index is 12.1. The first kappa shape index (κ1) is 19.1. The minimum absolute atomic E-state index is 0.0100. The molecule has 0 saturated carbocycles. The lowest BCUT2D eigenvalue weighted by molar-refractivity contribution is -0.116. The van der Waals surface area contributed by atoms with E-state index < -0.39 is 0 Å². The largest absolute Gasteiger partial charge is 0.394 e. The predicted molar refractivity (Wildman–Crippen MR) is 111 cm³/mol. The zero-order chi connectivity index (χ0) is 20.4. The summed E-state index contributed by atoms with van der Waals surface area (Å²) >= 11 is 0. The van der Waals surface area contributed by atoms with Gasteiger partial charge in [-0.3, -0.25) is 4.79 Å². The van der Waals surface area contributed by atoms with Crippen LogP contribution in [0.2, 0.25) is 0 Å². The van der Waals surface area contributed by atoms with Gasteiger partial charge in [0.25, 0.3) is 0 Å². The van der Waals surface area contributed by atoms with Gasteiger partial charge in [0.1, 0.15) is 11.5 Å². The number of aliphatic hydroxyl groups excluding tert-OH is 1. The van der Waals surface area contributed by atoms with Gasteiger partial charge in [0, 0.05) is 30.9 Å². The number of benzene rings is 1. The second-order valence-corrected chi connectivity index (χ2v) is 7.24. The number of carbonyl (C=O) groups excluding carboxylic acids is 1. The maximum Gasteiger partial charge on any atom is 0.223 e. The van der Waals surface area contributed by atoms with Crippen LogP contribution in [0.1, 0.15) is 30.5 Å². The molecule has 0 fully saturated rings. The van der Waals surface area contributed by atoms with Gasteiger partial charge in [0.2, 0.25) is 5.91 Å². The van der Waals surface area contributed by atoms with Crippen molar-refractivity contribution in [3.8, 4) is 11.3 Å². The molecule has 1 aliphatic heterocycles. The summed E-state index contributed by atoms with van der Waals surface area (Å²) in [6, 6.07) is 10.0. The van der Waals surface area contributed by atoms with Crippen molar-refractivity contribution in [1.82, 2.24) is 20.0 Å². The Kier molecular flexibility index (Phi) is 5.26. The topological polar surface area (TPSA) is 96.2 Å². The van der Waals surface area contributed by atoms with Gasteiger partial charge in [0.15, 0.2) is 0 Å². The van der Waals surface area contributed by atoms with Crippen molar-refractivity contribution in [3.63, 3.8) is 0 Å². The van der Waals surface area contributed by atoms with E-state index in [2.05, 4.69) is 26.7 Å². The summed E-state index contributed by atoms with van der Waals surface area (Å²) in [5.74, 6) is 0.835. The number of rotatable bonds is 5. The Morgan fingerprint density at radius 2 is 2.17 bits per heavy atom. The number of amides is 1. The smallest absolute Gasteiger partial charge is 0.223 e. The highest BCUT2D eigenvalue weighted by Gasteiger charge is 2.28. The lowest BCUT2D eigenvalue weighted by atomic mass is 9.93. The Bertz CT molecular complexity index is 1010. The molecule has 1 aliphatic rings. The van der Waals surface area contributed by atoms with Gasteiger partial charge in [-0.1, -0.05) is 17.3 Å². The van der Waals surface area contributed by atoms with Gasteiger partial charge in [0.05, 0.1) is 25.4 Å². The van der Waals surface area contributed by atoms with Crippen LogP contribution >= 0.6 is 0 Å². The SMILES string of the molecule is CC(=O)N1CCC(Nc2ccc(C)cn2)c2cc(-c3cn(CCO)nn3)ccc21. The van der Waals surface area contributed by atoms with Gasteiger partial charge in [-0.2, -0.15) is 0 Å². The molecule has 0 radical (unpaired) electrons. The van der Waals surface area contributed by atoms with Crippen molar-refractivity contribution in [3.05, 3.63) is 53.9 Å². The van der Waals surface area contributed by atoms with E-state index in [4.69, 9.17) is 5.11 Å². The molecular formula is C21H24N6O2. The number of aliphatic hydroxyl groups is 1. The molecule has 2 aromatic heterocycles. The second-order valence-electron chi connectivity index (χ2n) is 7.24. The Morgan fingerprint density at radius 1 is 1.31 bits per heavy atom. The van der Waals surface area contributed by atoms with Crippen LogP contribution in [0.4, 0.5) is 11.5 Å². The first-order chi connectivity index (χ1) is 14.0. The highest BCUT2D eigenvalue weighted by molar-refractivity contribution is 5.93. The molecule has 8 heteroatoms. The molecule has 3 aromatic rings. The lowest BCUT2D eigenvalue weighted by Gasteiger charge is -2.34. The molecular weight excluding hydrogens is 368 g/mol. The van der Waals surface area contributed by atoms with Crippen LogP contribution in [0.25, 0.3) is 11.3 Å². The molecule has 4 rings (SSSR count). The van der Waals surface area contributed by atoms with Crippen molar-refractivity contribution in [2.24, 2.45) is 0 Å². The van der Waals surface area contributed by atoms with Gasteiger partial charge in [-0.15, -0.1) is 5.10 Å². The van der Waals surface area contributed by atoms with E-state index in [9.17, 15) is 4.79 Å². The molecule has 0 spiro atoms. The number of nitrogens with one attached hydrogen (secondary N) is 1. The van der Waals surface area contributed by atoms with Crippen LogP contribution in [0.5, 0.6) is 0 Å². The quantitative estimate of drug-likeness (QED) is 0.693. The van der Waals surface area contributed by atoms with E-state index in [-0.39, 0.29) is 18.6 Å². The fourth-order valence-corrected chi connectivity index (χ4v) is 3.62. The highest BCUT2D eigenvalue weighted by Crippen LogP contribution is 2.38. The number of hydrogen-bond acceptors (Lipinski definition) is 6. The molecule has 150 valence electrons. The van der Waals surface area contributed by atoms with Crippen molar-refractivity contribution in [1.29, 1.82) is 0 Å². The number of fused-ring (bicyclic) bond motifs is 1. The summed E-state index contributed by atoms with van der Waals surface area (Å²) in [5.41, 5.74) is 4.69. The third-order valence-corrected chi connectivity index (χ3v) is 5.11. The first-order valence-corrected chi connectivity index (χ1v) is 9.68. The van der Waals surface area contributed by atoms with Crippen molar-refractivity contribution < 1.29 is 9.90 Å². The minimum Gasteiger partial charge on any atom is -0.394 e. The summed E-state index contributed by atoms with van der Waals surface area (Å²) in [6.07, 6.45) is 4.43. The molecule has 0 aliphatic carbocycles. The van der Waals surface area contributed by atoms with Gasteiger partial charge >= 0.3 is 0 Å². The van der Waals surface area contributed by atoms with Crippen molar-refractivity contribution >= 4 is 17.4 Å². The fourth-order valence-electron chi connectivity index (χ4n) is 3.62. The van der Waals surface area contributed by atoms with E-state index in [0.29, 0.717) is 13.1 Å². The Balaban J connectivity index is 1.70. The molecule has 3 heterocycles. The lowest BCUT2D eigenvalue weighted by Crippen LogP contribution is -2.36. The molecule has 29 heavy (non-hydrogen) atoms. The summed E-state index contributed by atoms with van der Waals surface area (Å²) < 4.78 is 1.61. The standard InChI is InChI=1S/C21H24N6O2/c1-14-3-6-21(22-12-14)23-18-7-8-27(15(2)29)20-5-4-16(11-17(18)20)19-13-26(9-10-28)25-24-19/h3-6,11-13,18,28H,7-10H2,1-2H3,(H,22,23). The molecule has 0 bridgehead atoms. The van der Waals surface area contributed by atoms with Crippen LogP contribution in [-0.4, -0.2) is 44.1 Å². The molecule has 1 atom stereocenters. The summed E-state index contributed by atoms with van der Waals surface area (Å²) in [6.45, 7) is 4.66. The van der Waals surface area contributed by atoms with Gasteiger partial charge < -0.3 is 15.3 Å². The van der Waals surface area contributed by atoms with Crippen LogP contribution in [-0.2, 0) is 11.3 Å². The van der Waals surface area contributed by atoms with Crippen LogP contribution in [0.15, 0.2) is 42.7 Å². The van der Waals surface area contributed by atoms with Gasteiger partial charge in [-0.05, 0) is 42.7 Å². The average Bonchev–Trinajstić information content (AvgIpc) is 3.18. The third-order valence-electron chi connectivity index (χ3n) is 5.11. The molecule has 1 aromatic carbocycles. The van der Waals surface area contributed by atoms with Crippen LogP contribution in [0, 0.1) is 6.92 Å². The fraction of sp³-hybridized carbons (Fsp3) is 0.333. The Labute approximate surface area is 169 Å². The summed E-state index contributed by atoms with van der Waals surface area (Å²) in [5, 5.41) is 20.9. The number of aromatic nitrogens is 4. The molecule has 1 unspecified atom stereocenters. The summed E-state index contributed by atoms with van der Waals surface area (Å²) in [4.78, 5) is 18.4. The Morgan fingerprint density at radius 3 is 2.90 bits per heavy atom. The zero-order valence-electron chi connectivity index (χ0n) is 16.5. The third kappa shape index (κ3) is 3.97. The zero-order valence-corrected chi connectivity index (χ0v) is 16.5. The number of aryl methyl sites for hydroxylation is 1. The highest BCUT2D eigenvalue weighted by atomic mass is 16.3. The molecule has 0 saturated heterocycles. The molecule has 2 N–H and O–H groups in total. The predicted octanol–water partition coefficient (Wildman–Crippen LogP) is 2.55. The monoisotopic (exact) mass is 392 g/mol. The normalized spacial score (nSPS) is 15.8. The Hall–Kier alpha value is -3.26. The van der Waals surface area contributed by atoms with Crippen molar-refractivity contribution in [2.75, 3.05) is 23.4 Å². The second kappa shape index (κ2) is 8.00. The average molecular weight is 392 g/mol. The number of hydrogen-bond donors (Lipinski definition) is 2. The number of nitrogens with zero attached hydrogens (tertiary/aromatic N) is 5. The van der Waals surface area contributed by atoms with E-state index in [1.165, 1.54) is 0 Å². The minimum atomic E-state index is 0.0100.